The van der Waals surface area contributed by atoms with E-state index in [9.17, 15) is 14.4 Å². The summed E-state index contributed by atoms with van der Waals surface area (Å²) in [5.41, 5.74) is 8.38. The number of β-lactam (4-membered cyclic amide) rings is 1. The van der Waals surface area contributed by atoms with Gasteiger partial charge in [-0.3, -0.25) is 19.4 Å². The Balaban J connectivity index is 1.61. The Morgan fingerprint density at radius 2 is 1.97 bits per heavy atom. The van der Waals surface area contributed by atoms with E-state index in [0.717, 1.165) is 21.6 Å². The van der Waals surface area contributed by atoms with Crippen molar-refractivity contribution < 1.29 is 14.4 Å². The van der Waals surface area contributed by atoms with Gasteiger partial charge < -0.3 is 15.6 Å². The number of halogens is 1. The van der Waals surface area contributed by atoms with Gasteiger partial charge in [-0.15, -0.1) is 0 Å². The number of carbonyl (C=O) groups is 3. The number of likely N-dealkylation sites (tertiary alicyclic amines) is 1. The van der Waals surface area contributed by atoms with Crippen molar-refractivity contribution in [2.75, 3.05) is 17.7 Å². The fourth-order valence-corrected chi connectivity index (χ4v) is 4.98. The van der Waals surface area contributed by atoms with Crippen LogP contribution < -0.4 is 16.0 Å². The molecule has 0 bridgehead atoms. The molecule has 11 heteroatoms. The van der Waals surface area contributed by atoms with Gasteiger partial charge in [0.05, 0.1) is 12.0 Å². The van der Waals surface area contributed by atoms with Crippen molar-refractivity contribution in [1.82, 2.24) is 24.8 Å². The molecule has 0 aliphatic carbocycles. The van der Waals surface area contributed by atoms with E-state index in [1.54, 1.807) is 55.5 Å². The standard InChI is InChI=1S/C26H30ClN7O3/c1-5-20(18-7-6-17(27)12-15(18)2)31-26(37)34-22(24(36)33(4)25-30-10-11-32(25)3)19(23(34)35)13-16-8-9-29-21(28)14-16/h6-12,14,19-20,22H,5,13H2,1-4H3,(H2,28,29)(H,31,37)/t19-,20?,22+/m1/s1. The number of urea groups is 1. The highest BCUT2D eigenvalue weighted by Gasteiger charge is 2.55. The molecule has 10 nitrogen and oxygen atoms in total. The van der Waals surface area contributed by atoms with Crippen molar-refractivity contribution in [3.63, 3.8) is 0 Å². The van der Waals surface area contributed by atoms with Crippen molar-refractivity contribution in [3.8, 4) is 0 Å². The summed E-state index contributed by atoms with van der Waals surface area (Å²) in [6, 6.07) is 6.86. The predicted octanol–water partition coefficient (Wildman–Crippen LogP) is 3.25. The molecule has 1 fully saturated rings. The van der Waals surface area contributed by atoms with E-state index in [4.69, 9.17) is 17.3 Å². The lowest BCUT2D eigenvalue weighted by Crippen LogP contribution is -2.70. The number of aryl methyl sites for hydroxylation is 2. The third-order valence-electron chi connectivity index (χ3n) is 6.73. The van der Waals surface area contributed by atoms with E-state index < -0.39 is 29.8 Å². The summed E-state index contributed by atoms with van der Waals surface area (Å²) >= 11 is 6.10. The molecule has 3 aromatic rings. The summed E-state index contributed by atoms with van der Waals surface area (Å²) < 4.78 is 1.69. The Morgan fingerprint density at radius 1 is 1.22 bits per heavy atom. The van der Waals surface area contributed by atoms with Gasteiger partial charge in [0.1, 0.15) is 11.9 Å². The maximum atomic E-state index is 13.7. The Kier molecular flexibility index (Phi) is 7.49. The number of benzene rings is 1. The number of nitrogens with one attached hydrogen (secondary N) is 1. The van der Waals surface area contributed by atoms with Crippen LogP contribution >= 0.6 is 11.6 Å². The summed E-state index contributed by atoms with van der Waals surface area (Å²) in [5, 5.41) is 3.54. The van der Waals surface area contributed by atoms with Crippen LogP contribution in [0.1, 0.15) is 36.1 Å². The highest BCUT2D eigenvalue weighted by molar-refractivity contribution is 6.30. The topological polar surface area (TPSA) is 126 Å². The van der Waals surface area contributed by atoms with Crippen LogP contribution in [0.3, 0.4) is 0 Å². The average molecular weight is 524 g/mol. The highest BCUT2D eigenvalue weighted by atomic mass is 35.5. The molecule has 0 saturated carbocycles. The zero-order valence-corrected chi connectivity index (χ0v) is 21.9. The summed E-state index contributed by atoms with van der Waals surface area (Å²) in [7, 11) is 3.34. The molecule has 1 aliphatic rings. The molecule has 1 aliphatic heterocycles. The first-order chi connectivity index (χ1) is 17.6. The minimum absolute atomic E-state index is 0.244. The number of imide groups is 1. The first kappa shape index (κ1) is 26.2. The van der Waals surface area contributed by atoms with Crippen molar-refractivity contribution in [3.05, 3.63) is 70.6 Å². The highest BCUT2D eigenvalue weighted by Crippen LogP contribution is 2.33. The maximum absolute atomic E-state index is 13.7. The van der Waals surface area contributed by atoms with E-state index in [-0.39, 0.29) is 12.5 Å². The van der Waals surface area contributed by atoms with E-state index in [1.165, 1.54) is 4.90 Å². The minimum Gasteiger partial charge on any atom is -0.384 e. The van der Waals surface area contributed by atoms with Crippen LogP contribution in [0.4, 0.5) is 16.6 Å². The van der Waals surface area contributed by atoms with Crippen molar-refractivity contribution in [2.24, 2.45) is 13.0 Å². The van der Waals surface area contributed by atoms with Gasteiger partial charge in [-0.1, -0.05) is 24.6 Å². The number of imidazole rings is 1. The monoisotopic (exact) mass is 523 g/mol. The maximum Gasteiger partial charge on any atom is 0.325 e. The number of pyridine rings is 1. The molecular weight excluding hydrogens is 494 g/mol. The van der Waals surface area contributed by atoms with Crippen molar-refractivity contribution in [1.29, 1.82) is 0 Å². The zero-order valence-electron chi connectivity index (χ0n) is 21.2. The summed E-state index contributed by atoms with van der Waals surface area (Å²) in [4.78, 5) is 51.0. The van der Waals surface area contributed by atoms with Gasteiger partial charge in [-0.2, -0.15) is 0 Å². The smallest absolute Gasteiger partial charge is 0.325 e. The minimum atomic E-state index is -1.01. The van der Waals surface area contributed by atoms with Crippen LogP contribution in [0, 0.1) is 12.8 Å². The quantitative estimate of drug-likeness (QED) is 0.458. The molecule has 1 aromatic carbocycles. The molecule has 0 spiro atoms. The number of rotatable bonds is 7. The number of aromatic nitrogens is 3. The van der Waals surface area contributed by atoms with Crippen molar-refractivity contribution in [2.45, 2.75) is 38.8 Å². The van der Waals surface area contributed by atoms with Crippen LogP contribution in [-0.4, -0.2) is 50.4 Å². The summed E-state index contributed by atoms with van der Waals surface area (Å²) in [6.45, 7) is 3.85. The predicted molar refractivity (Wildman–Crippen MR) is 141 cm³/mol. The number of nitrogen functional groups attached to an aromatic ring is 1. The average Bonchev–Trinajstić information content (AvgIpc) is 3.29. The van der Waals surface area contributed by atoms with Crippen LogP contribution in [0.15, 0.2) is 48.9 Å². The largest absolute Gasteiger partial charge is 0.384 e. The molecule has 2 aromatic heterocycles. The molecule has 3 N–H and O–H groups in total. The number of hydrogen-bond donors (Lipinski definition) is 2. The summed E-state index contributed by atoms with van der Waals surface area (Å²) in [5.74, 6) is -0.857. The molecule has 3 atom stereocenters. The second kappa shape index (κ2) is 10.6. The lowest BCUT2D eigenvalue weighted by molar-refractivity contribution is -0.156. The second-order valence-electron chi connectivity index (χ2n) is 9.20. The lowest BCUT2D eigenvalue weighted by atomic mass is 9.81. The molecule has 3 heterocycles. The molecule has 37 heavy (non-hydrogen) atoms. The SMILES string of the molecule is CCC(NC(=O)N1C(=O)[C@H](Cc2ccnc(N)c2)[C@H]1C(=O)N(C)c1nccn1C)c1ccc(Cl)cc1C. The van der Waals surface area contributed by atoms with E-state index in [0.29, 0.717) is 23.2 Å². The van der Waals surface area contributed by atoms with E-state index in [2.05, 4.69) is 15.3 Å². The number of carbonyl (C=O) groups excluding carboxylic acids is 3. The first-order valence-corrected chi connectivity index (χ1v) is 12.3. The van der Waals surface area contributed by atoms with Gasteiger partial charge in [-0.25, -0.2) is 14.8 Å². The molecule has 1 saturated heterocycles. The number of nitrogens with zero attached hydrogens (tertiary/aromatic N) is 5. The Bertz CT molecular complexity index is 1340. The lowest BCUT2D eigenvalue weighted by Gasteiger charge is -2.45. The van der Waals surface area contributed by atoms with Crippen LogP contribution in [0.2, 0.25) is 5.02 Å². The number of likely N-dealkylation sites (N-methyl/N-ethyl adjacent to an activating group) is 1. The summed E-state index contributed by atoms with van der Waals surface area (Å²) in [6.07, 6.45) is 5.67. The third-order valence-corrected chi connectivity index (χ3v) is 6.96. The molecule has 4 amide bonds. The zero-order chi connectivity index (χ0) is 26.9. The normalized spacial score (nSPS) is 17.8. The Morgan fingerprint density at radius 3 is 2.59 bits per heavy atom. The van der Waals surface area contributed by atoms with Crippen LogP contribution in [-0.2, 0) is 23.1 Å². The Labute approximate surface area is 220 Å². The van der Waals surface area contributed by atoms with Crippen molar-refractivity contribution >= 4 is 41.2 Å². The molecule has 0 radical (unpaired) electrons. The van der Waals surface area contributed by atoms with Gasteiger partial charge in [-0.05, 0) is 60.7 Å². The fraction of sp³-hybridized carbons (Fsp3) is 0.346. The Hall–Kier alpha value is -3.92. The van der Waals surface area contributed by atoms with Gasteiger partial charge >= 0.3 is 6.03 Å². The van der Waals surface area contributed by atoms with Gasteiger partial charge in [0.2, 0.25) is 11.9 Å². The second-order valence-corrected chi connectivity index (χ2v) is 9.64. The third kappa shape index (κ3) is 5.15. The van der Waals surface area contributed by atoms with Gasteiger partial charge in [0, 0.05) is 37.7 Å². The number of amides is 4. The van der Waals surface area contributed by atoms with Crippen LogP contribution in [0.5, 0.6) is 0 Å². The van der Waals surface area contributed by atoms with E-state index >= 15 is 0 Å². The van der Waals surface area contributed by atoms with Gasteiger partial charge in [0.25, 0.3) is 5.91 Å². The molecular formula is C26H30ClN7O3. The number of hydrogen-bond acceptors (Lipinski definition) is 6. The van der Waals surface area contributed by atoms with Crippen LogP contribution in [0.25, 0.3) is 0 Å². The number of nitrogens with two attached hydrogens (primary N) is 1. The van der Waals surface area contributed by atoms with E-state index in [1.807, 2.05) is 26.0 Å². The molecule has 4 rings (SSSR count). The molecule has 194 valence electrons. The number of anilines is 2. The fourth-order valence-electron chi connectivity index (χ4n) is 4.76. The van der Waals surface area contributed by atoms with Gasteiger partial charge in [0.15, 0.2) is 0 Å². The first-order valence-electron chi connectivity index (χ1n) is 12.0. The molecule has 1 unspecified atom stereocenters.